The van der Waals surface area contributed by atoms with Crippen LogP contribution in [0.4, 0.5) is 18.0 Å². The molecule has 0 fully saturated rings. The first-order valence-corrected chi connectivity index (χ1v) is 45.9. The smallest absolute Gasteiger partial charge is 0.465 e. The number of hydrogen-bond acceptors (Lipinski definition) is 26. The second kappa shape index (κ2) is 85.3. The van der Waals surface area contributed by atoms with Gasteiger partial charge in [0.25, 0.3) is 0 Å². The van der Waals surface area contributed by atoms with Crippen LogP contribution in [0.3, 0.4) is 0 Å². The van der Waals surface area contributed by atoms with Gasteiger partial charge in [-0.25, -0.2) is 9.59 Å². The van der Waals surface area contributed by atoms with Gasteiger partial charge in [0.2, 0.25) is 29.5 Å². The molecule has 0 radical (unpaired) electrons. The molecule has 0 aromatic heterocycles. The number of unbranched alkanes of at least 4 members (excludes halogenated alkanes) is 6. The number of halogens is 7. The number of rotatable bonds is 53. The highest BCUT2D eigenvalue weighted by Gasteiger charge is 2.40. The molecule has 0 spiro atoms. The van der Waals surface area contributed by atoms with Crippen LogP contribution >= 0.6 is 76.3 Å². The first-order chi connectivity index (χ1) is 58.0. The highest BCUT2D eigenvalue weighted by Crippen LogP contribution is 2.44. The summed E-state index contributed by atoms with van der Waals surface area (Å²) in [6, 6.07) is 15.0. The van der Waals surface area contributed by atoms with Gasteiger partial charge in [-0.2, -0.15) is 25.8 Å². The summed E-state index contributed by atoms with van der Waals surface area (Å²) in [5.41, 5.74) is 10.4. The second-order valence-electron chi connectivity index (χ2n) is 26.3. The van der Waals surface area contributed by atoms with Crippen LogP contribution < -0.4 is 74.9 Å². The number of hydrogen-bond donors (Lipinski definition) is 15. The molecule has 0 heterocycles. The number of alkyl carbamates (subject to hydrolysis) is 1. The molecule has 2 unspecified atom stereocenters. The normalized spacial score (nSPS) is 12.0. The first-order valence-electron chi connectivity index (χ1n) is 40.8. The van der Waals surface area contributed by atoms with Gasteiger partial charge in [0, 0.05) is 79.6 Å². The number of alkyl halides is 7. The number of nitrogens with two attached hydrogens (primary N) is 1. The molecule has 31 nitrogen and oxygen atoms in total. The number of methoxy groups -OCH3 is 1. The summed E-state index contributed by atoms with van der Waals surface area (Å²) < 4.78 is 46.3. The topological polar surface area (TPSA) is 449 Å². The van der Waals surface area contributed by atoms with Crippen LogP contribution in [0.25, 0.3) is 11.1 Å². The summed E-state index contributed by atoms with van der Waals surface area (Å²) >= 11 is 16.4. The molecule has 0 saturated heterocycles. The lowest BCUT2D eigenvalue weighted by Crippen LogP contribution is -2.50. The fourth-order valence-electron chi connectivity index (χ4n) is 10.5. The number of amides is 6. The minimum Gasteiger partial charge on any atom is -0.465 e. The van der Waals surface area contributed by atoms with Crippen molar-refractivity contribution >= 4 is 159 Å². The van der Waals surface area contributed by atoms with E-state index >= 15 is 0 Å². The summed E-state index contributed by atoms with van der Waals surface area (Å²) in [6.07, 6.45) is 8.94. The van der Waals surface area contributed by atoms with Gasteiger partial charge in [-0.1, -0.05) is 172 Å². The van der Waals surface area contributed by atoms with Gasteiger partial charge in [-0.3, -0.25) is 68.2 Å². The molecule has 1 aliphatic rings. The third-order valence-electron chi connectivity index (χ3n) is 16.7. The average molecular weight is 2020 g/mol. The lowest BCUT2D eigenvalue weighted by molar-refractivity contribution is -0.196. The predicted molar refractivity (Wildman–Crippen MR) is 495 cm³/mol. The molecule has 122 heavy (non-hydrogen) atoms. The largest absolute Gasteiger partial charge is 0.490 e. The maximum absolute atomic E-state index is 12.0. The van der Waals surface area contributed by atoms with E-state index in [1.165, 1.54) is 56.0 Å². The Morgan fingerprint density at radius 2 is 0.836 bits per heavy atom. The maximum atomic E-state index is 12.0. The zero-order valence-electron chi connectivity index (χ0n) is 74.2. The maximum Gasteiger partial charge on any atom is 0.490 e. The number of carbonyl (C=O) groups excluding carboxylic acids is 14. The van der Waals surface area contributed by atoms with E-state index in [4.69, 9.17) is 15.2 Å². The van der Waals surface area contributed by atoms with Crippen molar-refractivity contribution in [3.05, 3.63) is 72.3 Å². The molecular formula is C83H143Br4F3N14O17S. The summed E-state index contributed by atoms with van der Waals surface area (Å²) in [6.45, 7) is 25.3. The van der Waals surface area contributed by atoms with E-state index < -0.39 is 30.3 Å². The molecule has 6 amide bonds. The van der Waals surface area contributed by atoms with Gasteiger partial charge in [0.05, 0.1) is 90.9 Å². The van der Waals surface area contributed by atoms with Crippen LogP contribution in [-0.2, 0) is 76.5 Å². The molecule has 15 N–H and O–H groups in total. The monoisotopic (exact) mass is 2010 g/mol. The van der Waals surface area contributed by atoms with Crippen LogP contribution in [0.5, 0.6) is 0 Å². The van der Waals surface area contributed by atoms with Crippen molar-refractivity contribution < 1.29 is 94.5 Å². The number of likely N-dealkylation sites (N-methyl/N-ethyl adjacent to an activating group) is 3. The van der Waals surface area contributed by atoms with Crippen molar-refractivity contribution in [2.24, 2.45) is 5.73 Å². The van der Waals surface area contributed by atoms with Crippen LogP contribution in [0.1, 0.15) is 176 Å². The Hall–Kier alpha value is -6.50. The fourth-order valence-corrected chi connectivity index (χ4v) is 12.1. The Morgan fingerprint density at radius 3 is 1.12 bits per heavy atom. The number of nitrogens with one attached hydrogen (secondary N) is 13. The first kappa shape index (κ1) is 126. The van der Waals surface area contributed by atoms with E-state index in [-0.39, 0.29) is 124 Å². The summed E-state index contributed by atoms with van der Waals surface area (Å²) in [7, 11) is 9.17. The van der Waals surface area contributed by atoms with Crippen LogP contribution in [0.15, 0.2) is 61.2 Å². The molecule has 2 aromatic carbocycles. The Morgan fingerprint density at radius 1 is 0.484 bits per heavy atom. The zero-order valence-corrected chi connectivity index (χ0v) is 81.4. The molecule has 2 aromatic rings. The number of carbonyl (C=O) groups is 14. The second-order valence-corrected chi connectivity index (χ2v) is 28.9. The molecule has 0 saturated carbocycles. The minimum absolute atomic E-state index is 0.00821. The van der Waals surface area contributed by atoms with Crippen molar-refractivity contribution in [3.8, 4) is 11.1 Å². The standard InChI is InChI=1S/C16H14O2.C15H28BrN3O3.C15H29N3O3.C13H24BrN3O3S.C13H27N3O2.2C3H6BrNO.C3H3F3O2.C2H6/c1-11(17)18-10-16-14-8-4-2-6-12(14)13-7-3-5-9-15(13)16;1-4-12(15(22)10-17-3)19-13(14(21)9-16)7-5-6-8-18-11(2)20;1-4-11-21-15(20)18-10-8-6-7-9-17-13(5-2)14(19)12-16-3;1-9(18)16-5-3-2-4-10(12(19)6-14)17-11(8-21)13(20)7-15;1-4-12(13(18)10-14-3)16-9-7-5-6-8-15-11(2)17;2*1-5-3(6)2-4;1-8-2(7)3(4,5)6;1-2/h2-9,16H,10H2,1H3;12-13,17,19H,4-10H2,1-3H3,(H,18,20);4,13,16-17H,1,5-12H2,2-3H3,(H,18,20);10-11,17,21H,2-8,15H2,1H3,(H,16,18);12,14,16H,4-10H2,1-3H3,(H,15,17);2*2H2,1H3,(H,5,6);1H3;1-2H3/t;12-,13?;13-;10?,11-;12-;;;;/m.0000..../s1. The van der Waals surface area contributed by atoms with Gasteiger partial charge >= 0.3 is 24.2 Å². The van der Waals surface area contributed by atoms with E-state index in [0.717, 1.165) is 96.7 Å². The van der Waals surface area contributed by atoms with E-state index in [0.29, 0.717) is 88.7 Å². The third kappa shape index (κ3) is 69.8. The van der Waals surface area contributed by atoms with Crippen LogP contribution in [0.2, 0.25) is 0 Å². The van der Waals surface area contributed by atoms with Crippen LogP contribution in [0, 0.1) is 0 Å². The number of ketones is 6. The number of benzene rings is 2. The summed E-state index contributed by atoms with van der Waals surface area (Å²) in [5, 5.41) is 38.4. The Labute approximate surface area is 761 Å². The van der Waals surface area contributed by atoms with Crippen LogP contribution in [-0.4, -0.2) is 273 Å². The Kier molecular flexibility index (Phi) is 88.3. The molecule has 0 aliphatic heterocycles. The molecule has 39 heteroatoms. The minimum atomic E-state index is -4.85. The highest BCUT2D eigenvalue weighted by atomic mass is 79.9. The molecule has 0 bridgehead atoms. The molecule has 6 atom stereocenters. The van der Waals surface area contributed by atoms with E-state index in [2.05, 4.69) is 181 Å². The number of thiol groups is 1. The van der Waals surface area contributed by atoms with Crippen molar-refractivity contribution in [2.75, 3.05) is 148 Å². The SMILES string of the molecule is C=CCOC(=O)NCCCCCN[C@@H](CC)C(=O)CNC.CC.CC(=O)NCCCCC(N[C@@H](CS)C(=O)CN)C(=O)CBr.CC(=O)OCC1c2ccccc2-c2ccccc21.CC[C@H](NC(CCCCNC(C)=O)C(=O)CBr)C(=O)CNC.CC[C@H](NCCCCCNC(C)=O)C(=O)CNC.CNC(=O)CBr.CNC(=O)CBr.COC(=O)C(F)(F)F. The van der Waals surface area contributed by atoms with Crippen molar-refractivity contribution in [1.82, 2.24) is 69.1 Å². The van der Waals surface area contributed by atoms with Crippen molar-refractivity contribution in [2.45, 2.75) is 207 Å². The fraction of sp³-hybridized carbons (Fsp3) is 0.663. The summed E-state index contributed by atoms with van der Waals surface area (Å²) in [5.74, 6) is -1.62. The lowest BCUT2D eigenvalue weighted by Gasteiger charge is -2.23. The quantitative estimate of drug-likeness (QED) is 0.00748. The zero-order chi connectivity index (χ0) is 94.2. The molecule has 1 aliphatic carbocycles. The lowest BCUT2D eigenvalue weighted by atomic mass is 9.98. The van der Waals surface area contributed by atoms with Gasteiger partial charge in [-0.05, 0) is 140 Å². The number of fused-ring (bicyclic) bond motifs is 3. The number of ether oxygens (including phenoxy) is 3. The number of Topliss-reactive ketones (excluding diaryl/α,β-unsaturated/α-hetero) is 6. The summed E-state index contributed by atoms with van der Waals surface area (Å²) in [4.78, 5) is 155. The molecular weight excluding hydrogens is 1870 g/mol. The van der Waals surface area contributed by atoms with E-state index in [9.17, 15) is 80.3 Å². The van der Waals surface area contributed by atoms with Gasteiger partial charge < -0.3 is 78.4 Å². The Bertz CT molecular complexity index is 3170. The highest BCUT2D eigenvalue weighted by molar-refractivity contribution is 9.10. The van der Waals surface area contributed by atoms with Gasteiger partial charge in [0.1, 0.15) is 13.2 Å². The van der Waals surface area contributed by atoms with Gasteiger partial charge in [0.15, 0.2) is 34.7 Å². The Balaban J connectivity index is -0.000000324. The molecule has 702 valence electrons. The van der Waals surface area contributed by atoms with E-state index in [1.54, 1.807) is 35.2 Å². The predicted octanol–water partition coefficient (Wildman–Crippen LogP) is 7.86. The van der Waals surface area contributed by atoms with E-state index in [1.807, 2.05) is 58.9 Å². The molecule has 3 rings (SSSR count). The third-order valence-corrected chi connectivity index (χ3v) is 19.2. The average Bonchev–Trinajstić information content (AvgIpc) is 1.62. The van der Waals surface area contributed by atoms with Crippen molar-refractivity contribution in [1.29, 1.82) is 0 Å². The van der Waals surface area contributed by atoms with Crippen molar-refractivity contribution in [3.63, 3.8) is 0 Å². The number of esters is 2. The van der Waals surface area contributed by atoms with Gasteiger partial charge in [-0.15, -0.1) is 0 Å².